The molecule has 232 valence electrons. The number of hydrogen-bond acceptors (Lipinski definition) is 6. The molecule has 1 aromatic heterocycles. The summed E-state index contributed by atoms with van der Waals surface area (Å²) in [6.45, 7) is 5.32. The molecule has 0 saturated carbocycles. The first kappa shape index (κ1) is 32.5. The quantitative estimate of drug-likeness (QED) is 0.170. The van der Waals surface area contributed by atoms with Crippen LogP contribution in [0, 0.1) is 0 Å². The van der Waals surface area contributed by atoms with Crippen LogP contribution < -0.4 is 15.0 Å². The summed E-state index contributed by atoms with van der Waals surface area (Å²) in [7, 11) is 3.25. The van der Waals surface area contributed by atoms with E-state index in [9.17, 15) is 19.5 Å². The maximum atomic E-state index is 13.7. The van der Waals surface area contributed by atoms with Gasteiger partial charge in [-0.05, 0) is 67.8 Å². The van der Waals surface area contributed by atoms with Crippen LogP contribution in [0.15, 0.2) is 72.8 Å². The molecule has 0 saturated heterocycles. The fourth-order valence-corrected chi connectivity index (χ4v) is 5.87. The number of H-pyrrole nitrogens is 1. The average Bonchev–Trinajstić information content (AvgIpc) is 3.31. The van der Waals surface area contributed by atoms with Gasteiger partial charge in [0.2, 0.25) is 5.91 Å². The van der Waals surface area contributed by atoms with E-state index in [0.717, 1.165) is 33.3 Å². The number of carboxylic acid groups (broad SMARTS) is 1. The molecule has 4 rings (SSSR count). The number of carboxylic acids is 1. The third-order valence-electron chi connectivity index (χ3n) is 6.96. The van der Waals surface area contributed by atoms with E-state index in [-0.39, 0.29) is 18.7 Å². The van der Waals surface area contributed by atoms with Crippen molar-refractivity contribution in [2.24, 2.45) is 0 Å². The third kappa shape index (κ3) is 8.79. The first-order valence-corrected chi connectivity index (χ1v) is 15.5. The summed E-state index contributed by atoms with van der Waals surface area (Å²) in [5.74, 6) is 0.825. The number of nitrogens with zero attached hydrogens (tertiary/aromatic N) is 1. The van der Waals surface area contributed by atoms with Gasteiger partial charge in [-0.3, -0.25) is 9.59 Å². The van der Waals surface area contributed by atoms with Gasteiger partial charge in [0.15, 0.2) is 0 Å². The first-order chi connectivity index (χ1) is 20.9. The number of para-hydroxylation sites is 1. The van der Waals surface area contributed by atoms with E-state index in [1.165, 1.54) is 4.90 Å². The number of carbonyl (C=O) groups is 3. The summed E-state index contributed by atoms with van der Waals surface area (Å²) in [6.07, 6.45) is -0.441. The van der Waals surface area contributed by atoms with Crippen LogP contribution in [0.4, 0.5) is 10.5 Å². The summed E-state index contributed by atoms with van der Waals surface area (Å²) in [4.78, 5) is 42.8. The summed E-state index contributed by atoms with van der Waals surface area (Å²) < 4.78 is 10.7. The second-order valence-electron chi connectivity index (χ2n) is 11.5. The van der Waals surface area contributed by atoms with Gasteiger partial charge < -0.3 is 29.8 Å². The van der Waals surface area contributed by atoms with Crippen molar-refractivity contribution < 1.29 is 29.0 Å². The number of aromatic nitrogens is 1. The number of likely N-dealkylation sites (N-methyl/N-ethyl adjacent to an activating group) is 1. The van der Waals surface area contributed by atoms with E-state index in [1.807, 2.05) is 48.5 Å². The standard InChI is InChI=1S/C34H39N3O6S/c1-34(2,3)43-33(41)36-29(32(40)37(4)24-13-15-25(42-5)16-14-24)18-22-9-8-10-23(17-22)20-44-21-30-27(19-31(38)39)26-11-6-7-12-28(26)35-30/h6-17,29,35H,18-21H2,1-5H3,(H,36,41)(H,38,39). The Morgan fingerprint density at radius 3 is 2.36 bits per heavy atom. The number of benzene rings is 3. The predicted octanol–water partition coefficient (Wildman–Crippen LogP) is 6.34. The first-order valence-electron chi connectivity index (χ1n) is 14.3. The number of methoxy groups -OCH3 is 1. The topological polar surface area (TPSA) is 121 Å². The Labute approximate surface area is 261 Å². The molecule has 4 aromatic rings. The summed E-state index contributed by atoms with van der Waals surface area (Å²) in [5.41, 5.74) is 4.53. The van der Waals surface area contributed by atoms with Crippen molar-refractivity contribution in [1.82, 2.24) is 10.3 Å². The smallest absolute Gasteiger partial charge is 0.408 e. The lowest BCUT2D eigenvalue weighted by Crippen LogP contribution is -2.50. The molecule has 1 atom stereocenters. The highest BCUT2D eigenvalue weighted by atomic mass is 32.2. The van der Waals surface area contributed by atoms with E-state index < -0.39 is 23.7 Å². The molecule has 2 amide bonds. The Morgan fingerprint density at radius 1 is 0.977 bits per heavy atom. The number of ether oxygens (including phenoxy) is 2. The lowest BCUT2D eigenvalue weighted by Gasteiger charge is -2.27. The Bertz CT molecular complexity index is 1610. The predicted molar refractivity (Wildman–Crippen MR) is 174 cm³/mol. The van der Waals surface area contributed by atoms with Crippen molar-refractivity contribution in [2.45, 2.75) is 56.8 Å². The molecule has 0 aliphatic rings. The summed E-state index contributed by atoms with van der Waals surface area (Å²) >= 11 is 1.67. The number of fused-ring (bicyclic) bond motifs is 1. The lowest BCUT2D eigenvalue weighted by atomic mass is 10.0. The van der Waals surface area contributed by atoms with Crippen molar-refractivity contribution >= 4 is 46.3 Å². The minimum absolute atomic E-state index is 0.0412. The minimum Gasteiger partial charge on any atom is -0.497 e. The number of aromatic amines is 1. The maximum Gasteiger partial charge on any atom is 0.408 e. The number of amides is 2. The molecule has 3 aromatic carbocycles. The normalized spacial score (nSPS) is 12.0. The average molecular weight is 618 g/mol. The molecule has 0 spiro atoms. The molecular formula is C34H39N3O6S. The van der Waals surface area contributed by atoms with Crippen molar-refractivity contribution in [3.8, 4) is 5.75 Å². The van der Waals surface area contributed by atoms with E-state index in [1.54, 1.807) is 71.0 Å². The van der Waals surface area contributed by atoms with Crippen molar-refractivity contribution in [2.75, 3.05) is 19.1 Å². The van der Waals surface area contributed by atoms with Gasteiger partial charge in [-0.15, -0.1) is 0 Å². The number of alkyl carbamates (subject to hydrolysis) is 1. The van der Waals surface area contributed by atoms with Crippen LogP contribution >= 0.6 is 11.8 Å². The largest absolute Gasteiger partial charge is 0.497 e. The molecule has 3 N–H and O–H groups in total. The Balaban J connectivity index is 1.48. The molecule has 0 radical (unpaired) electrons. The molecule has 9 nitrogen and oxygen atoms in total. The zero-order valence-corrected chi connectivity index (χ0v) is 26.5. The molecule has 44 heavy (non-hydrogen) atoms. The minimum atomic E-state index is -0.871. The Morgan fingerprint density at radius 2 is 1.68 bits per heavy atom. The van der Waals surface area contributed by atoms with Gasteiger partial charge in [-0.1, -0.05) is 42.5 Å². The van der Waals surface area contributed by atoms with Crippen LogP contribution in [-0.4, -0.2) is 53.9 Å². The highest BCUT2D eigenvalue weighted by Gasteiger charge is 2.28. The van der Waals surface area contributed by atoms with Gasteiger partial charge in [0.1, 0.15) is 17.4 Å². The number of hydrogen-bond donors (Lipinski definition) is 3. The van der Waals surface area contributed by atoms with Crippen molar-refractivity contribution in [1.29, 1.82) is 0 Å². The summed E-state index contributed by atoms with van der Waals surface area (Å²) in [5, 5.41) is 13.2. The summed E-state index contributed by atoms with van der Waals surface area (Å²) in [6, 6.07) is 21.9. The van der Waals surface area contributed by atoms with Gasteiger partial charge in [-0.2, -0.15) is 11.8 Å². The molecule has 0 aliphatic carbocycles. The van der Waals surface area contributed by atoms with Crippen LogP contribution in [0.3, 0.4) is 0 Å². The fraction of sp³-hybridized carbons (Fsp3) is 0.324. The van der Waals surface area contributed by atoms with Gasteiger partial charge in [-0.25, -0.2) is 4.79 Å². The second-order valence-corrected chi connectivity index (χ2v) is 12.5. The van der Waals surface area contributed by atoms with E-state index in [2.05, 4.69) is 10.3 Å². The van der Waals surface area contributed by atoms with Gasteiger partial charge in [0.05, 0.1) is 13.5 Å². The van der Waals surface area contributed by atoms with Gasteiger partial charge >= 0.3 is 12.1 Å². The van der Waals surface area contributed by atoms with Crippen LogP contribution in [0.5, 0.6) is 5.75 Å². The third-order valence-corrected chi connectivity index (χ3v) is 7.99. The highest BCUT2D eigenvalue weighted by Crippen LogP contribution is 2.28. The van der Waals surface area contributed by atoms with Crippen LogP contribution in [0.1, 0.15) is 43.2 Å². The van der Waals surface area contributed by atoms with E-state index in [4.69, 9.17) is 9.47 Å². The monoisotopic (exact) mass is 617 g/mol. The molecule has 10 heteroatoms. The van der Waals surface area contributed by atoms with Crippen LogP contribution in [0.2, 0.25) is 0 Å². The van der Waals surface area contributed by atoms with E-state index in [0.29, 0.717) is 22.9 Å². The van der Waals surface area contributed by atoms with Crippen LogP contribution in [0.25, 0.3) is 10.9 Å². The van der Waals surface area contributed by atoms with Crippen molar-refractivity contribution in [3.05, 3.63) is 95.2 Å². The van der Waals surface area contributed by atoms with Crippen LogP contribution in [-0.2, 0) is 38.7 Å². The Hall–Kier alpha value is -4.44. The Kier molecular flexibility index (Phi) is 10.6. The molecule has 0 aliphatic heterocycles. The number of anilines is 1. The molecule has 1 heterocycles. The van der Waals surface area contributed by atoms with Gasteiger partial charge in [0.25, 0.3) is 0 Å². The highest BCUT2D eigenvalue weighted by molar-refractivity contribution is 7.97. The second kappa shape index (κ2) is 14.4. The molecular weight excluding hydrogens is 578 g/mol. The number of thioether (sulfide) groups is 1. The van der Waals surface area contributed by atoms with Crippen molar-refractivity contribution in [3.63, 3.8) is 0 Å². The number of carbonyl (C=O) groups excluding carboxylic acids is 2. The zero-order valence-electron chi connectivity index (χ0n) is 25.7. The SMILES string of the molecule is COc1ccc(N(C)C(=O)C(Cc2cccc(CSCc3[nH]c4ccccc4c3CC(=O)O)c2)NC(=O)OC(C)(C)C)cc1. The zero-order chi connectivity index (χ0) is 31.9. The number of rotatable bonds is 12. The maximum absolute atomic E-state index is 13.7. The molecule has 0 bridgehead atoms. The molecule has 0 fully saturated rings. The van der Waals surface area contributed by atoms with E-state index >= 15 is 0 Å². The lowest BCUT2D eigenvalue weighted by molar-refractivity contribution is -0.136. The number of aliphatic carboxylic acids is 1. The number of nitrogens with one attached hydrogen (secondary N) is 2. The fourth-order valence-electron chi connectivity index (χ4n) is 4.90. The van der Waals surface area contributed by atoms with Gasteiger partial charge in [0, 0.05) is 47.3 Å². The molecule has 1 unspecified atom stereocenters.